The molecule has 0 saturated carbocycles. The van der Waals surface area contributed by atoms with Crippen LogP contribution in [0.25, 0.3) is 50.1 Å². The van der Waals surface area contributed by atoms with E-state index in [2.05, 4.69) is 90.1 Å². The first kappa shape index (κ1) is 19.5. The summed E-state index contributed by atoms with van der Waals surface area (Å²) in [5, 5.41) is 1.90. The van der Waals surface area contributed by atoms with Crippen molar-refractivity contribution in [1.29, 1.82) is 0 Å². The third-order valence-electron chi connectivity index (χ3n) is 6.27. The Bertz CT molecular complexity index is 1640. The second-order valence-corrected chi connectivity index (χ2v) is 8.39. The van der Waals surface area contributed by atoms with Gasteiger partial charge >= 0.3 is 0 Å². The molecule has 0 aliphatic heterocycles. The Morgan fingerprint density at radius 1 is 0.788 bits per heavy atom. The summed E-state index contributed by atoms with van der Waals surface area (Å²) in [5.74, 6) is 0.769. The number of furan rings is 1. The van der Waals surface area contributed by atoms with Crippen LogP contribution in [-0.2, 0) is 7.05 Å². The highest BCUT2D eigenvalue weighted by atomic mass is 19.1. The van der Waals surface area contributed by atoms with Gasteiger partial charge < -0.3 is 4.42 Å². The number of hydrogen-bond donors (Lipinski definition) is 0. The average molecular weight is 434 g/mol. The zero-order valence-corrected chi connectivity index (χ0v) is 18.4. The van der Waals surface area contributed by atoms with Gasteiger partial charge in [-0.1, -0.05) is 48.5 Å². The number of halogens is 1. The van der Waals surface area contributed by atoms with Crippen molar-refractivity contribution in [3.63, 3.8) is 0 Å². The lowest BCUT2D eigenvalue weighted by atomic mass is 10.0. The number of imidazole rings is 1. The molecular formula is C29H22FN2O+. The van der Waals surface area contributed by atoms with Crippen molar-refractivity contribution in [1.82, 2.24) is 4.57 Å². The number of fused-ring (bicyclic) bond motifs is 3. The number of hydrogen-bond acceptors (Lipinski definition) is 1. The minimum Gasteiger partial charge on any atom is -0.456 e. The number of aromatic nitrogens is 2. The Morgan fingerprint density at radius 3 is 2.39 bits per heavy atom. The summed E-state index contributed by atoms with van der Waals surface area (Å²) >= 11 is 0. The van der Waals surface area contributed by atoms with Crippen molar-refractivity contribution < 1.29 is 13.4 Å². The first-order chi connectivity index (χ1) is 16.1. The lowest BCUT2D eigenvalue weighted by molar-refractivity contribution is -0.659. The maximum Gasteiger partial charge on any atom is 0.294 e. The Kier molecular flexibility index (Phi) is 4.40. The van der Waals surface area contributed by atoms with Gasteiger partial charge in [-0.2, -0.15) is 4.57 Å². The van der Waals surface area contributed by atoms with Crippen LogP contribution in [0.3, 0.4) is 0 Å². The smallest absolute Gasteiger partial charge is 0.294 e. The van der Waals surface area contributed by atoms with Gasteiger partial charge in [-0.25, -0.2) is 8.96 Å². The Balaban J connectivity index is 1.60. The van der Waals surface area contributed by atoms with E-state index in [0.29, 0.717) is 5.58 Å². The van der Waals surface area contributed by atoms with Gasteiger partial charge in [0.15, 0.2) is 0 Å². The summed E-state index contributed by atoms with van der Waals surface area (Å²) in [7, 11) is 2.06. The SMILES string of the molecule is Cc1cc2oc3cc(F)ccc3c2cc1-c1n(-c2ccccc2-c2ccccc2)cc[n+]1C. The monoisotopic (exact) mass is 433 g/mol. The molecule has 0 N–H and O–H groups in total. The third-order valence-corrected chi connectivity index (χ3v) is 6.27. The largest absolute Gasteiger partial charge is 0.456 e. The van der Waals surface area contributed by atoms with Gasteiger partial charge in [0.05, 0.1) is 12.6 Å². The first-order valence-corrected chi connectivity index (χ1v) is 10.9. The highest BCUT2D eigenvalue weighted by molar-refractivity contribution is 6.06. The Labute approximate surface area is 191 Å². The van der Waals surface area contributed by atoms with Crippen LogP contribution in [0.1, 0.15) is 5.56 Å². The van der Waals surface area contributed by atoms with Crippen LogP contribution in [0.2, 0.25) is 0 Å². The molecule has 0 saturated heterocycles. The molecule has 0 bridgehead atoms. The van der Waals surface area contributed by atoms with Crippen LogP contribution in [-0.4, -0.2) is 4.57 Å². The van der Waals surface area contributed by atoms with Gasteiger partial charge in [-0.3, -0.25) is 0 Å². The molecule has 0 aliphatic carbocycles. The molecule has 4 aromatic carbocycles. The van der Waals surface area contributed by atoms with E-state index in [-0.39, 0.29) is 5.82 Å². The zero-order valence-electron chi connectivity index (χ0n) is 18.4. The van der Waals surface area contributed by atoms with E-state index in [1.165, 1.54) is 23.3 Å². The van der Waals surface area contributed by atoms with Crippen LogP contribution in [0.5, 0.6) is 0 Å². The van der Waals surface area contributed by atoms with Crippen molar-refractivity contribution in [2.75, 3.05) is 0 Å². The van der Waals surface area contributed by atoms with E-state index in [1.54, 1.807) is 6.07 Å². The minimum absolute atomic E-state index is 0.295. The summed E-state index contributed by atoms with van der Waals surface area (Å²) in [6, 6.07) is 27.8. The number of aryl methyl sites for hydroxylation is 2. The molecule has 33 heavy (non-hydrogen) atoms. The van der Waals surface area contributed by atoms with E-state index in [0.717, 1.165) is 39.0 Å². The zero-order chi connectivity index (χ0) is 22.5. The molecule has 0 atom stereocenters. The fourth-order valence-electron chi connectivity index (χ4n) is 4.68. The van der Waals surface area contributed by atoms with Gasteiger partial charge in [0.25, 0.3) is 5.82 Å². The molecule has 2 aromatic heterocycles. The average Bonchev–Trinajstić information content (AvgIpc) is 3.38. The molecular weight excluding hydrogens is 411 g/mol. The predicted octanol–water partition coefficient (Wildman–Crippen LogP) is 6.98. The summed E-state index contributed by atoms with van der Waals surface area (Å²) in [5.41, 5.74) is 6.97. The normalized spacial score (nSPS) is 11.5. The van der Waals surface area contributed by atoms with Crippen molar-refractivity contribution in [3.05, 3.63) is 109 Å². The van der Waals surface area contributed by atoms with Gasteiger partial charge in [0.1, 0.15) is 35.1 Å². The van der Waals surface area contributed by atoms with Gasteiger partial charge in [0, 0.05) is 22.4 Å². The molecule has 0 spiro atoms. The van der Waals surface area contributed by atoms with Gasteiger partial charge in [-0.05, 0) is 48.4 Å². The van der Waals surface area contributed by atoms with Crippen LogP contribution in [0, 0.1) is 12.7 Å². The van der Waals surface area contributed by atoms with Crippen LogP contribution in [0.4, 0.5) is 4.39 Å². The molecule has 4 heteroatoms. The fourth-order valence-corrected chi connectivity index (χ4v) is 4.68. The number of nitrogens with zero attached hydrogens (tertiary/aromatic N) is 2. The standard InChI is InChI=1S/C29H22FN2O/c1-19-16-27-25(23-13-12-21(30)17-28(23)33-27)18-24(19)29-31(2)14-15-32(29)26-11-7-6-10-22(26)20-8-4-3-5-9-20/h3-18H,1-2H3/q+1. The molecule has 6 rings (SSSR count). The fraction of sp³-hybridized carbons (Fsp3) is 0.0690. The second kappa shape index (κ2) is 7.45. The van der Waals surface area contributed by atoms with Crippen molar-refractivity contribution >= 4 is 21.9 Å². The predicted molar refractivity (Wildman–Crippen MR) is 130 cm³/mol. The Hall–Kier alpha value is -4.18. The lowest BCUT2D eigenvalue weighted by Crippen LogP contribution is -2.29. The minimum atomic E-state index is -0.295. The highest BCUT2D eigenvalue weighted by Crippen LogP contribution is 2.36. The molecule has 0 fully saturated rings. The lowest BCUT2D eigenvalue weighted by Gasteiger charge is -2.10. The van der Waals surface area contributed by atoms with Crippen LogP contribution in [0.15, 0.2) is 102 Å². The number of benzene rings is 4. The number of rotatable bonds is 3. The maximum absolute atomic E-state index is 13.8. The maximum atomic E-state index is 13.8. The van der Waals surface area contributed by atoms with Gasteiger partial charge in [-0.15, -0.1) is 0 Å². The van der Waals surface area contributed by atoms with Crippen molar-refractivity contribution in [3.8, 4) is 28.2 Å². The summed E-state index contributed by atoms with van der Waals surface area (Å²) in [6.07, 6.45) is 4.17. The van der Waals surface area contributed by atoms with E-state index in [1.807, 2.05) is 12.1 Å². The molecule has 0 radical (unpaired) electrons. The van der Waals surface area contributed by atoms with E-state index in [9.17, 15) is 4.39 Å². The third kappa shape index (κ3) is 3.14. The number of para-hydroxylation sites is 1. The summed E-state index contributed by atoms with van der Waals surface area (Å²) < 4.78 is 24.1. The molecule has 0 amide bonds. The van der Waals surface area contributed by atoms with E-state index >= 15 is 0 Å². The Morgan fingerprint density at radius 2 is 1.55 bits per heavy atom. The molecule has 0 aliphatic rings. The molecule has 0 unspecified atom stereocenters. The highest BCUT2D eigenvalue weighted by Gasteiger charge is 2.24. The van der Waals surface area contributed by atoms with Crippen molar-refractivity contribution in [2.24, 2.45) is 7.05 Å². The summed E-state index contributed by atoms with van der Waals surface area (Å²) in [4.78, 5) is 0. The van der Waals surface area contributed by atoms with Gasteiger partial charge in [0.2, 0.25) is 0 Å². The van der Waals surface area contributed by atoms with E-state index in [4.69, 9.17) is 4.42 Å². The quantitative estimate of drug-likeness (QED) is 0.276. The first-order valence-electron chi connectivity index (χ1n) is 10.9. The molecule has 6 aromatic rings. The van der Waals surface area contributed by atoms with Crippen LogP contribution < -0.4 is 4.57 Å². The topological polar surface area (TPSA) is 21.9 Å². The van der Waals surface area contributed by atoms with Crippen molar-refractivity contribution in [2.45, 2.75) is 6.92 Å². The second-order valence-electron chi connectivity index (χ2n) is 8.39. The van der Waals surface area contributed by atoms with Crippen LogP contribution >= 0.6 is 0 Å². The summed E-state index contributed by atoms with van der Waals surface area (Å²) in [6.45, 7) is 2.09. The molecule has 3 nitrogen and oxygen atoms in total. The molecule has 160 valence electrons. The van der Waals surface area contributed by atoms with E-state index < -0.39 is 0 Å². The molecule has 2 heterocycles.